The fourth-order valence-corrected chi connectivity index (χ4v) is 3.03. The van der Waals surface area contributed by atoms with E-state index in [0.717, 1.165) is 16.8 Å². The summed E-state index contributed by atoms with van der Waals surface area (Å²) in [6.07, 6.45) is 1.51. The molecule has 0 aliphatic rings. The van der Waals surface area contributed by atoms with Crippen molar-refractivity contribution in [1.82, 2.24) is 14.9 Å². The molecule has 1 heterocycles. The summed E-state index contributed by atoms with van der Waals surface area (Å²) < 4.78 is 1.61. The molecule has 1 aromatic heterocycles. The number of anilines is 1. The lowest BCUT2D eigenvalue weighted by Gasteiger charge is -2.11. The number of thioether (sulfide) groups is 1. The molecule has 0 spiro atoms. The molecule has 0 aliphatic heterocycles. The Morgan fingerprint density at radius 3 is 2.72 bits per heavy atom. The number of carbonyl (C=O) groups is 2. The Balaban J connectivity index is 2.03. The van der Waals surface area contributed by atoms with Crippen LogP contribution in [0.25, 0.3) is 0 Å². The summed E-state index contributed by atoms with van der Waals surface area (Å²) in [6, 6.07) is 5.75. The predicted molar refractivity (Wildman–Crippen MR) is 97.5 cm³/mol. The summed E-state index contributed by atoms with van der Waals surface area (Å²) in [5, 5.41) is 15.3. The molecular formula is C17H22N4O3S. The topological polar surface area (TPSA) is 96.2 Å². The molecule has 1 aromatic carbocycles. The van der Waals surface area contributed by atoms with Gasteiger partial charge >= 0.3 is 0 Å². The molecule has 3 N–H and O–H groups in total. The van der Waals surface area contributed by atoms with Gasteiger partial charge in [-0.15, -0.1) is 0 Å². The maximum absolute atomic E-state index is 12.2. The number of likely N-dealkylation sites (N-methyl/N-ethyl adjacent to an activating group) is 1. The van der Waals surface area contributed by atoms with E-state index in [1.165, 1.54) is 18.0 Å². The highest BCUT2D eigenvalue weighted by atomic mass is 32.2. The number of imidazole rings is 1. The van der Waals surface area contributed by atoms with Crippen LogP contribution in [0, 0.1) is 13.8 Å². The fourth-order valence-electron chi connectivity index (χ4n) is 2.23. The number of aliphatic hydroxyl groups is 1. The first-order valence-corrected chi connectivity index (χ1v) is 8.79. The van der Waals surface area contributed by atoms with Gasteiger partial charge in [0.25, 0.3) is 0 Å². The monoisotopic (exact) mass is 362 g/mol. The fraction of sp³-hybridized carbons (Fsp3) is 0.353. The normalized spacial score (nSPS) is 10.6. The van der Waals surface area contributed by atoms with E-state index < -0.39 is 0 Å². The maximum atomic E-state index is 12.2. The van der Waals surface area contributed by atoms with Crippen LogP contribution in [0.1, 0.15) is 16.8 Å². The van der Waals surface area contributed by atoms with Crippen LogP contribution in [0.15, 0.2) is 29.6 Å². The maximum Gasteiger partial charge on any atom is 0.239 e. The van der Waals surface area contributed by atoms with Crippen molar-refractivity contribution in [2.24, 2.45) is 0 Å². The third-order valence-electron chi connectivity index (χ3n) is 3.86. The van der Waals surface area contributed by atoms with Crippen LogP contribution in [0.3, 0.4) is 0 Å². The molecular weight excluding hydrogens is 340 g/mol. The first kappa shape index (κ1) is 19.0. The minimum absolute atomic E-state index is 0.0489. The van der Waals surface area contributed by atoms with Crippen molar-refractivity contribution in [3.05, 3.63) is 41.2 Å². The molecule has 2 aromatic rings. The highest BCUT2D eigenvalue weighted by Crippen LogP contribution is 2.21. The van der Waals surface area contributed by atoms with Crippen molar-refractivity contribution in [3.8, 4) is 0 Å². The number of hydrogen-bond acceptors (Lipinski definition) is 5. The number of carbonyl (C=O) groups excluding carboxylic acids is 2. The second-order valence-electron chi connectivity index (χ2n) is 5.53. The van der Waals surface area contributed by atoms with Gasteiger partial charge in [-0.25, -0.2) is 4.98 Å². The zero-order valence-electron chi connectivity index (χ0n) is 14.5. The van der Waals surface area contributed by atoms with Crippen molar-refractivity contribution in [2.75, 3.05) is 18.1 Å². The number of nitrogens with one attached hydrogen (secondary N) is 2. The van der Waals surface area contributed by atoms with Crippen molar-refractivity contribution in [1.29, 1.82) is 0 Å². The third kappa shape index (κ3) is 4.83. The van der Waals surface area contributed by atoms with Gasteiger partial charge in [-0.3, -0.25) is 9.59 Å². The van der Waals surface area contributed by atoms with Gasteiger partial charge in [0.15, 0.2) is 5.16 Å². The van der Waals surface area contributed by atoms with Gasteiger partial charge in [-0.1, -0.05) is 23.9 Å². The SMILES string of the molecule is CNC(=O)Cn1c(CO)cnc1SCC(=O)Nc1cccc(C)c1C. The molecule has 0 aliphatic carbocycles. The van der Waals surface area contributed by atoms with Gasteiger partial charge in [0, 0.05) is 12.7 Å². The predicted octanol–water partition coefficient (Wildman–Crippen LogP) is 1.47. The van der Waals surface area contributed by atoms with Crippen LogP contribution < -0.4 is 10.6 Å². The Morgan fingerprint density at radius 2 is 2.04 bits per heavy atom. The van der Waals surface area contributed by atoms with Crippen LogP contribution in [-0.2, 0) is 22.7 Å². The van der Waals surface area contributed by atoms with E-state index in [1.54, 1.807) is 11.6 Å². The molecule has 0 radical (unpaired) electrons. The number of benzene rings is 1. The second kappa shape index (κ2) is 8.68. The van der Waals surface area contributed by atoms with Gasteiger partial charge in [0.05, 0.1) is 24.3 Å². The molecule has 0 saturated carbocycles. The van der Waals surface area contributed by atoms with Gasteiger partial charge in [-0.2, -0.15) is 0 Å². The Hall–Kier alpha value is -2.32. The quantitative estimate of drug-likeness (QED) is 0.648. The summed E-state index contributed by atoms with van der Waals surface area (Å²) in [6.45, 7) is 3.78. The molecule has 7 nitrogen and oxygen atoms in total. The lowest BCUT2D eigenvalue weighted by atomic mass is 10.1. The van der Waals surface area contributed by atoms with Crippen molar-refractivity contribution < 1.29 is 14.7 Å². The minimum Gasteiger partial charge on any atom is -0.390 e. The highest BCUT2D eigenvalue weighted by Gasteiger charge is 2.14. The first-order chi connectivity index (χ1) is 12.0. The summed E-state index contributed by atoms with van der Waals surface area (Å²) in [5.74, 6) is -0.198. The van der Waals surface area contributed by atoms with Crippen molar-refractivity contribution in [2.45, 2.75) is 32.2 Å². The Bertz CT molecular complexity index is 773. The van der Waals surface area contributed by atoms with Crippen LogP contribution in [0.5, 0.6) is 0 Å². The molecule has 0 fully saturated rings. The number of nitrogens with zero attached hydrogens (tertiary/aromatic N) is 2. The average Bonchev–Trinajstić information content (AvgIpc) is 2.98. The van der Waals surface area contributed by atoms with Gasteiger partial charge in [0.2, 0.25) is 11.8 Å². The molecule has 134 valence electrons. The van der Waals surface area contributed by atoms with Crippen LogP contribution in [0.4, 0.5) is 5.69 Å². The van der Waals surface area contributed by atoms with Gasteiger partial charge in [0.1, 0.15) is 6.54 Å². The summed E-state index contributed by atoms with van der Waals surface area (Å²) in [4.78, 5) is 28.0. The summed E-state index contributed by atoms with van der Waals surface area (Å²) in [7, 11) is 1.54. The van der Waals surface area contributed by atoms with E-state index in [4.69, 9.17) is 0 Å². The molecule has 2 rings (SSSR count). The highest BCUT2D eigenvalue weighted by molar-refractivity contribution is 7.99. The number of aryl methyl sites for hydroxylation is 1. The van der Waals surface area contributed by atoms with Crippen molar-refractivity contribution >= 4 is 29.3 Å². The number of amides is 2. The average molecular weight is 362 g/mol. The molecule has 0 unspecified atom stereocenters. The lowest BCUT2D eigenvalue weighted by Crippen LogP contribution is -2.25. The molecule has 25 heavy (non-hydrogen) atoms. The van der Waals surface area contributed by atoms with Crippen LogP contribution in [0.2, 0.25) is 0 Å². The van der Waals surface area contributed by atoms with E-state index in [2.05, 4.69) is 15.6 Å². The first-order valence-electron chi connectivity index (χ1n) is 7.81. The zero-order valence-corrected chi connectivity index (χ0v) is 15.3. The third-order valence-corrected chi connectivity index (χ3v) is 4.85. The smallest absolute Gasteiger partial charge is 0.239 e. The molecule has 0 bridgehead atoms. The van der Waals surface area contributed by atoms with E-state index in [0.29, 0.717) is 10.9 Å². The van der Waals surface area contributed by atoms with E-state index in [9.17, 15) is 14.7 Å². The minimum atomic E-state index is -0.223. The molecule has 0 atom stereocenters. The largest absolute Gasteiger partial charge is 0.390 e. The molecule has 0 saturated heterocycles. The Morgan fingerprint density at radius 1 is 1.28 bits per heavy atom. The number of aliphatic hydroxyl groups excluding tert-OH is 1. The van der Waals surface area contributed by atoms with Crippen molar-refractivity contribution in [3.63, 3.8) is 0 Å². The van der Waals surface area contributed by atoms with Gasteiger partial charge in [-0.05, 0) is 31.0 Å². The van der Waals surface area contributed by atoms with Crippen LogP contribution >= 0.6 is 11.8 Å². The molecule has 8 heteroatoms. The number of rotatable bonds is 7. The summed E-state index contributed by atoms with van der Waals surface area (Å²) >= 11 is 1.22. The van der Waals surface area contributed by atoms with E-state index >= 15 is 0 Å². The van der Waals surface area contributed by atoms with Gasteiger partial charge < -0.3 is 20.3 Å². The Labute approximate surface area is 150 Å². The number of aromatic nitrogens is 2. The van der Waals surface area contributed by atoms with E-state index in [-0.39, 0.29) is 30.7 Å². The number of hydrogen-bond donors (Lipinski definition) is 3. The van der Waals surface area contributed by atoms with Crippen LogP contribution in [-0.4, -0.2) is 39.3 Å². The Kier molecular flexibility index (Phi) is 6.60. The zero-order chi connectivity index (χ0) is 18.4. The van der Waals surface area contributed by atoms with E-state index in [1.807, 2.05) is 32.0 Å². The summed E-state index contributed by atoms with van der Waals surface area (Å²) in [5.41, 5.74) is 3.46. The second-order valence-corrected chi connectivity index (χ2v) is 6.48. The standard InChI is InChI=1S/C17H22N4O3S/c1-11-5-4-6-14(12(11)2)20-16(24)10-25-17-19-7-13(9-22)21(17)8-15(23)18-3/h4-7,22H,8-10H2,1-3H3,(H,18,23)(H,20,24). The molecule has 2 amide bonds. The lowest BCUT2D eigenvalue weighted by molar-refractivity contribution is -0.121.